The molecule has 0 spiro atoms. The molecular formula is C17H23N7O2. The van der Waals surface area contributed by atoms with Crippen LogP contribution in [0.5, 0.6) is 0 Å². The number of anilines is 3. The first-order valence-corrected chi connectivity index (χ1v) is 8.54. The number of ether oxygens (including phenoxy) is 1. The summed E-state index contributed by atoms with van der Waals surface area (Å²) in [4.78, 5) is 24.1. The molecule has 1 aromatic rings. The molecule has 0 atom stereocenters. The molecule has 0 radical (unpaired) electrons. The maximum atomic E-state index is 11.7. The second kappa shape index (κ2) is 9.42. The number of hydrogen-bond acceptors (Lipinski definition) is 9. The van der Waals surface area contributed by atoms with Crippen LogP contribution in [-0.2, 0) is 9.53 Å². The monoisotopic (exact) mass is 357 g/mol. The first-order valence-electron chi connectivity index (χ1n) is 8.54. The van der Waals surface area contributed by atoms with E-state index in [2.05, 4.69) is 22.1 Å². The van der Waals surface area contributed by atoms with Gasteiger partial charge in [-0.25, -0.2) is 9.97 Å². The third-order valence-corrected chi connectivity index (χ3v) is 4.46. The number of methoxy groups -OCH3 is 1. The average molecular weight is 357 g/mol. The van der Waals surface area contributed by atoms with E-state index >= 15 is 0 Å². The number of esters is 1. The largest absolute Gasteiger partial charge is 0.469 e. The van der Waals surface area contributed by atoms with Gasteiger partial charge in [0.1, 0.15) is 12.0 Å². The Hall–Kier alpha value is -3.07. The van der Waals surface area contributed by atoms with Gasteiger partial charge in [-0.3, -0.25) is 4.79 Å². The zero-order chi connectivity index (χ0) is 18.9. The van der Waals surface area contributed by atoms with Gasteiger partial charge >= 0.3 is 5.97 Å². The van der Waals surface area contributed by atoms with Crippen LogP contribution >= 0.6 is 0 Å². The predicted molar refractivity (Wildman–Crippen MR) is 96.1 cm³/mol. The first-order chi connectivity index (χ1) is 12.6. The highest BCUT2D eigenvalue weighted by molar-refractivity contribution is 5.77. The van der Waals surface area contributed by atoms with Crippen LogP contribution in [0.25, 0.3) is 0 Å². The van der Waals surface area contributed by atoms with E-state index in [1.807, 2.05) is 9.80 Å². The normalized spacial score (nSPS) is 14.3. The highest BCUT2D eigenvalue weighted by atomic mass is 16.5. The van der Waals surface area contributed by atoms with E-state index in [1.165, 1.54) is 13.4 Å². The topological polar surface area (TPSA) is 132 Å². The van der Waals surface area contributed by atoms with Crippen molar-refractivity contribution in [2.45, 2.75) is 25.7 Å². The second-order valence-corrected chi connectivity index (χ2v) is 6.02. The summed E-state index contributed by atoms with van der Waals surface area (Å²) in [6.45, 7) is 2.19. The standard InChI is InChI=1S/C17H23N7O2/c1-26-17(25)13-4-10-24(11-5-13)16-14(20)15(21-12-22-16)23(8-2-6-18)9-3-7-19/h12-13H,2-5,8-11,20H2,1H3. The van der Waals surface area contributed by atoms with Crippen LogP contribution in [0, 0.1) is 28.6 Å². The molecule has 2 rings (SSSR count). The number of nitrogens with two attached hydrogens (primary N) is 1. The van der Waals surface area contributed by atoms with Crippen LogP contribution in [-0.4, -0.2) is 49.2 Å². The van der Waals surface area contributed by atoms with E-state index in [1.54, 1.807) is 0 Å². The fourth-order valence-corrected chi connectivity index (χ4v) is 3.07. The zero-order valence-electron chi connectivity index (χ0n) is 14.9. The van der Waals surface area contributed by atoms with Crippen molar-refractivity contribution in [1.29, 1.82) is 10.5 Å². The van der Waals surface area contributed by atoms with Gasteiger partial charge < -0.3 is 20.3 Å². The van der Waals surface area contributed by atoms with Gasteiger partial charge in [-0.1, -0.05) is 0 Å². The summed E-state index contributed by atoms with van der Waals surface area (Å²) in [5, 5.41) is 17.7. The van der Waals surface area contributed by atoms with Gasteiger partial charge in [-0.05, 0) is 12.8 Å². The van der Waals surface area contributed by atoms with E-state index < -0.39 is 0 Å². The lowest BCUT2D eigenvalue weighted by Crippen LogP contribution is -2.38. The number of rotatable bonds is 7. The van der Waals surface area contributed by atoms with E-state index in [0.29, 0.717) is 69.2 Å². The quantitative estimate of drug-likeness (QED) is 0.712. The third kappa shape index (κ3) is 4.51. The summed E-state index contributed by atoms with van der Waals surface area (Å²) >= 11 is 0. The molecule has 0 saturated carbocycles. The number of carbonyl (C=O) groups excluding carboxylic acids is 1. The molecule has 1 aliphatic heterocycles. The van der Waals surface area contributed by atoms with Crippen molar-refractivity contribution >= 4 is 23.3 Å². The van der Waals surface area contributed by atoms with Gasteiger partial charge in [0.2, 0.25) is 0 Å². The Morgan fingerprint density at radius 3 is 2.46 bits per heavy atom. The Balaban J connectivity index is 2.16. The zero-order valence-corrected chi connectivity index (χ0v) is 14.9. The summed E-state index contributed by atoms with van der Waals surface area (Å²) in [5.41, 5.74) is 6.74. The average Bonchev–Trinajstić information content (AvgIpc) is 2.68. The number of piperidine rings is 1. The van der Waals surface area contributed by atoms with E-state index in [9.17, 15) is 4.79 Å². The number of aromatic nitrogens is 2. The smallest absolute Gasteiger partial charge is 0.308 e. The van der Waals surface area contributed by atoms with Gasteiger partial charge in [-0.15, -0.1) is 0 Å². The van der Waals surface area contributed by atoms with Crippen molar-refractivity contribution in [3.8, 4) is 12.1 Å². The minimum atomic E-state index is -0.180. The third-order valence-electron chi connectivity index (χ3n) is 4.46. The van der Waals surface area contributed by atoms with E-state index in [-0.39, 0.29) is 11.9 Å². The molecule has 2 N–H and O–H groups in total. The Morgan fingerprint density at radius 1 is 1.31 bits per heavy atom. The molecule has 0 unspecified atom stereocenters. The lowest BCUT2D eigenvalue weighted by atomic mass is 9.97. The molecule has 138 valence electrons. The maximum absolute atomic E-state index is 11.7. The van der Waals surface area contributed by atoms with Crippen molar-refractivity contribution < 1.29 is 9.53 Å². The SMILES string of the molecule is COC(=O)C1CCN(c2ncnc(N(CCC#N)CCC#N)c2N)CC1. The van der Waals surface area contributed by atoms with Gasteiger partial charge in [0.15, 0.2) is 11.6 Å². The lowest BCUT2D eigenvalue weighted by molar-refractivity contribution is -0.146. The Labute approximate surface area is 153 Å². The minimum Gasteiger partial charge on any atom is -0.469 e. The van der Waals surface area contributed by atoms with Gasteiger partial charge in [0.25, 0.3) is 0 Å². The summed E-state index contributed by atoms with van der Waals surface area (Å²) in [7, 11) is 1.40. The number of carbonyl (C=O) groups is 1. The summed E-state index contributed by atoms with van der Waals surface area (Å²) in [6.07, 6.45) is 3.43. The van der Waals surface area contributed by atoms with Crippen LogP contribution in [0.2, 0.25) is 0 Å². The van der Waals surface area contributed by atoms with E-state index in [4.69, 9.17) is 21.0 Å². The maximum Gasteiger partial charge on any atom is 0.308 e. The molecule has 0 bridgehead atoms. The lowest BCUT2D eigenvalue weighted by Gasteiger charge is -2.33. The van der Waals surface area contributed by atoms with E-state index in [0.717, 1.165) is 0 Å². The van der Waals surface area contributed by atoms with Crippen molar-refractivity contribution in [3.63, 3.8) is 0 Å². The predicted octanol–water partition coefficient (Wildman–Crippen LogP) is 1.08. The fourth-order valence-electron chi connectivity index (χ4n) is 3.07. The van der Waals surface area contributed by atoms with Gasteiger partial charge in [0, 0.05) is 26.2 Å². The number of hydrogen-bond donors (Lipinski definition) is 1. The Bertz CT molecular complexity index is 684. The minimum absolute atomic E-state index is 0.0958. The molecule has 26 heavy (non-hydrogen) atoms. The Kier molecular flexibility index (Phi) is 6.98. The number of nitrogen functional groups attached to an aromatic ring is 1. The number of nitrogens with zero attached hydrogens (tertiary/aromatic N) is 6. The molecule has 1 aliphatic rings. The van der Waals surface area contributed by atoms with Crippen molar-refractivity contribution in [1.82, 2.24) is 9.97 Å². The molecule has 9 nitrogen and oxygen atoms in total. The van der Waals surface area contributed by atoms with Gasteiger partial charge in [0.05, 0.1) is 38.0 Å². The van der Waals surface area contributed by atoms with Gasteiger partial charge in [-0.2, -0.15) is 10.5 Å². The summed E-state index contributed by atoms with van der Waals surface area (Å²) < 4.78 is 4.81. The van der Waals surface area contributed by atoms with Crippen molar-refractivity contribution in [2.24, 2.45) is 5.92 Å². The number of nitriles is 2. The van der Waals surface area contributed by atoms with Crippen LogP contribution in [0.3, 0.4) is 0 Å². The summed E-state index contributed by atoms with van der Waals surface area (Å²) in [6, 6.07) is 4.20. The fraction of sp³-hybridized carbons (Fsp3) is 0.588. The molecular weight excluding hydrogens is 334 g/mol. The molecule has 1 fully saturated rings. The molecule has 9 heteroatoms. The molecule has 0 amide bonds. The van der Waals surface area contributed by atoms with Crippen LogP contribution in [0.15, 0.2) is 6.33 Å². The molecule has 1 saturated heterocycles. The second-order valence-electron chi connectivity index (χ2n) is 6.02. The molecule has 0 aliphatic carbocycles. The van der Waals surface area contributed by atoms with Crippen LogP contribution in [0.4, 0.5) is 17.3 Å². The molecule has 0 aromatic carbocycles. The Morgan fingerprint density at radius 2 is 1.92 bits per heavy atom. The van der Waals surface area contributed by atoms with Crippen LogP contribution < -0.4 is 15.5 Å². The summed E-state index contributed by atoms with van der Waals surface area (Å²) in [5.74, 6) is 0.884. The first kappa shape index (κ1) is 19.3. The van der Waals surface area contributed by atoms with Crippen LogP contribution in [0.1, 0.15) is 25.7 Å². The molecule has 1 aromatic heterocycles. The van der Waals surface area contributed by atoms with Crippen molar-refractivity contribution in [3.05, 3.63) is 6.33 Å². The highest BCUT2D eigenvalue weighted by Gasteiger charge is 2.28. The molecule has 2 heterocycles. The highest BCUT2D eigenvalue weighted by Crippen LogP contribution is 2.32. The van der Waals surface area contributed by atoms with Crippen molar-refractivity contribution in [2.75, 3.05) is 48.8 Å².